The molecule has 0 aliphatic carbocycles. The molecule has 0 saturated carbocycles. The Morgan fingerprint density at radius 2 is 1.93 bits per heavy atom. The lowest BCUT2D eigenvalue weighted by Crippen LogP contribution is -2.14. The van der Waals surface area contributed by atoms with Crippen molar-refractivity contribution < 1.29 is 9.59 Å². The van der Waals surface area contributed by atoms with Crippen LogP contribution >= 0.6 is 11.6 Å². The van der Waals surface area contributed by atoms with E-state index in [0.717, 1.165) is 22.3 Å². The molecule has 1 heterocycles. The molecule has 4 N–H and O–H groups in total. The monoisotopic (exact) mass is 396 g/mol. The molecule has 0 aliphatic heterocycles. The topological polar surface area (TPSA) is 101 Å². The molecule has 0 unspecified atom stereocenters. The summed E-state index contributed by atoms with van der Waals surface area (Å²) < 4.78 is 0. The second-order valence-electron chi connectivity index (χ2n) is 6.68. The minimum absolute atomic E-state index is 0.100. The van der Waals surface area contributed by atoms with Crippen LogP contribution in [0.2, 0.25) is 5.02 Å². The number of nitrogens with one attached hydrogen (secondary N) is 2. The van der Waals surface area contributed by atoms with Crippen LogP contribution < -0.4 is 11.1 Å². The third-order valence-electron chi connectivity index (χ3n) is 4.35. The number of rotatable bonds is 8. The van der Waals surface area contributed by atoms with Crippen molar-refractivity contribution in [3.05, 3.63) is 81.6 Å². The Balaban J connectivity index is 1.63. The average molecular weight is 397 g/mol. The summed E-state index contributed by atoms with van der Waals surface area (Å²) in [4.78, 5) is 23.8. The van der Waals surface area contributed by atoms with Gasteiger partial charge in [0.05, 0.1) is 11.9 Å². The van der Waals surface area contributed by atoms with Crippen LogP contribution in [0.3, 0.4) is 0 Å². The van der Waals surface area contributed by atoms with Crippen molar-refractivity contribution in [3.8, 4) is 0 Å². The molecule has 2 aromatic carbocycles. The molecular formula is C21H21ClN4O2. The molecular weight excluding hydrogens is 376 g/mol. The molecule has 3 aromatic rings. The summed E-state index contributed by atoms with van der Waals surface area (Å²) in [5.74, 6) is -0.474. The Morgan fingerprint density at radius 1 is 1.14 bits per heavy atom. The van der Waals surface area contributed by atoms with Gasteiger partial charge in [-0.2, -0.15) is 5.10 Å². The number of benzene rings is 2. The van der Waals surface area contributed by atoms with Gasteiger partial charge in [-0.1, -0.05) is 53.6 Å². The van der Waals surface area contributed by atoms with Crippen molar-refractivity contribution in [3.63, 3.8) is 0 Å². The third-order valence-corrected chi connectivity index (χ3v) is 4.72. The van der Waals surface area contributed by atoms with Crippen molar-refractivity contribution >= 4 is 29.0 Å². The van der Waals surface area contributed by atoms with Crippen LogP contribution in [0.4, 0.5) is 5.69 Å². The predicted octanol–water partition coefficient (Wildman–Crippen LogP) is 3.44. The molecule has 6 nitrogen and oxygen atoms in total. The van der Waals surface area contributed by atoms with E-state index in [4.69, 9.17) is 17.3 Å². The lowest BCUT2D eigenvalue weighted by Gasteiger charge is -2.08. The number of aromatic nitrogens is 2. The predicted molar refractivity (Wildman–Crippen MR) is 109 cm³/mol. The summed E-state index contributed by atoms with van der Waals surface area (Å²) in [5, 5.41) is 10.1. The first-order chi connectivity index (χ1) is 13.4. The van der Waals surface area contributed by atoms with Gasteiger partial charge < -0.3 is 11.1 Å². The van der Waals surface area contributed by atoms with E-state index in [2.05, 4.69) is 15.5 Å². The quantitative estimate of drug-likeness (QED) is 0.542. The molecule has 7 heteroatoms. The highest BCUT2D eigenvalue weighted by atomic mass is 35.5. The smallest absolute Gasteiger partial charge is 0.268 e. The van der Waals surface area contributed by atoms with E-state index in [9.17, 15) is 9.59 Å². The van der Waals surface area contributed by atoms with Gasteiger partial charge in [0, 0.05) is 24.4 Å². The lowest BCUT2D eigenvalue weighted by molar-refractivity contribution is -0.117. The molecule has 0 bridgehead atoms. The number of hydrogen-bond donors (Lipinski definition) is 3. The zero-order valence-corrected chi connectivity index (χ0v) is 16.2. The van der Waals surface area contributed by atoms with E-state index in [1.807, 2.05) is 49.4 Å². The number of halogens is 1. The fourth-order valence-corrected chi connectivity index (χ4v) is 3.18. The van der Waals surface area contributed by atoms with Crippen molar-refractivity contribution in [1.29, 1.82) is 0 Å². The Labute approximate surface area is 168 Å². The lowest BCUT2D eigenvalue weighted by atomic mass is 10.0. The van der Waals surface area contributed by atoms with Crippen LogP contribution in [-0.4, -0.2) is 21.9 Å². The maximum Gasteiger partial charge on any atom is 0.268 e. The maximum atomic E-state index is 12.5. The average Bonchev–Trinajstić information content (AvgIpc) is 3.12. The van der Waals surface area contributed by atoms with E-state index >= 15 is 0 Å². The molecule has 0 fully saturated rings. The molecule has 28 heavy (non-hydrogen) atoms. The molecule has 1 amide bonds. The van der Waals surface area contributed by atoms with E-state index in [1.165, 1.54) is 6.20 Å². The summed E-state index contributed by atoms with van der Waals surface area (Å²) in [7, 11) is 0. The second-order valence-corrected chi connectivity index (χ2v) is 7.09. The van der Waals surface area contributed by atoms with E-state index < -0.39 is 5.91 Å². The van der Waals surface area contributed by atoms with Gasteiger partial charge in [-0.25, -0.2) is 0 Å². The van der Waals surface area contributed by atoms with Gasteiger partial charge in [-0.15, -0.1) is 0 Å². The molecule has 144 valence electrons. The van der Waals surface area contributed by atoms with Crippen LogP contribution in [0, 0.1) is 6.92 Å². The summed E-state index contributed by atoms with van der Waals surface area (Å²) in [6, 6.07) is 13.4. The number of anilines is 1. The minimum atomic E-state index is -0.575. The van der Waals surface area contributed by atoms with Crippen LogP contribution in [0.5, 0.6) is 0 Å². The van der Waals surface area contributed by atoms with Crippen LogP contribution in [0.1, 0.15) is 32.7 Å². The van der Waals surface area contributed by atoms with Crippen molar-refractivity contribution in [2.75, 3.05) is 5.32 Å². The largest absolute Gasteiger partial charge is 0.378 e. The number of H-pyrrole nitrogens is 1. The fraction of sp³-hybridized carbons (Fsp3) is 0.190. The summed E-state index contributed by atoms with van der Waals surface area (Å²) >= 11 is 6.19. The first-order valence-corrected chi connectivity index (χ1v) is 9.22. The van der Waals surface area contributed by atoms with Gasteiger partial charge >= 0.3 is 0 Å². The van der Waals surface area contributed by atoms with E-state index in [-0.39, 0.29) is 11.5 Å². The number of primary amides is 1. The Bertz CT molecular complexity index is 1010. The highest BCUT2D eigenvalue weighted by molar-refractivity contribution is 6.31. The van der Waals surface area contributed by atoms with Gasteiger partial charge in [-0.05, 0) is 29.7 Å². The fourth-order valence-electron chi connectivity index (χ4n) is 3.00. The first kappa shape index (κ1) is 19.6. The van der Waals surface area contributed by atoms with E-state index in [0.29, 0.717) is 30.1 Å². The van der Waals surface area contributed by atoms with Crippen LogP contribution in [-0.2, 0) is 24.2 Å². The zero-order chi connectivity index (χ0) is 20.1. The van der Waals surface area contributed by atoms with Gasteiger partial charge in [0.1, 0.15) is 11.5 Å². The molecule has 0 aliphatic rings. The number of aryl methyl sites for hydroxylation is 1. The highest BCUT2D eigenvalue weighted by Crippen LogP contribution is 2.19. The number of ketones is 1. The molecule has 1 aromatic heterocycles. The van der Waals surface area contributed by atoms with Crippen molar-refractivity contribution in [2.24, 2.45) is 5.73 Å². The van der Waals surface area contributed by atoms with Crippen molar-refractivity contribution in [2.45, 2.75) is 26.3 Å². The number of amides is 1. The molecule has 3 rings (SSSR count). The Kier molecular flexibility index (Phi) is 6.11. The number of nitrogens with zero attached hydrogens (tertiary/aromatic N) is 1. The number of nitrogens with two attached hydrogens (primary N) is 1. The summed E-state index contributed by atoms with van der Waals surface area (Å²) in [6.07, 6.45) is 2.15. The second kappa shape index (κ2) is 8.71. The van der Waals surface area contributed by atoms with E-state index in [1.54, 1.807) is 0 Å². The van der Waals surface area contributed by atoms with Crippen molar-refractivity contribution in [1.82, 2.24) is 10.2 Å². The number of Topliss-reactive ketones (excluding diaryl/α,β-unsaturated/α-hetero) is 1. The number of carbonyl (C=O) groups excluding carboxylic acids is 2. The molecule has 0 radical (unpaired) electrons. The van der Waals surface area contributed by atoms with Gasteiger partial charge in [-0.3, -0.25) is 14.7 Å². The van der Waals surface area contributed by atoms with Gasteiger partial charge in [0.15, 0.2) is 0 Å². The minimum Gasteiger partial charge on any atom is -0.378 e. The number of carbonyl (C=O) groups is 2. The van der Waals surface area contributed by atoms with Crippen LogP contribution in [0.25, 0.3) is 0 Å². The molecule has 0 spiro atoms. The molecule has 0 atom stereocenters. The Hall–Kier alpha value is -3.12. The standard InChI is InChI=1S/C21H21ClN4O2/c1-13-5-6-18(22)16(7-13)10-17(27)9-14-3-2-4-15(8-14)11-24-19-12-25-26-20(19)21(23)28/h2-8,12,24H,9-11H2,1H3,(H2,23,28)(H,25,26). The number of hydrogen-bond acceptors (Lipinski definition) is 4. The normalized spacial score (nSPS) is 10.6. The SMILES string of the molecule is Cc1ccc(Cl)c(CC(=O)Cc2cccc(CNc3cn[nH]c3C(N)=O)c2)c1. The van der Waals surface area contributed by atoms with Crippen LogP contribution in [0.15, 0.2) is 48.7 Å². The summed E-state index contributed by atoms with van der Waals surface area (Å²) in [6.45, 7) is 2.45. The maximum absolute atomic E-state index is 12.5. The Morgan fingerprint density at radius 3 is 2.71 bits per heavy atom. The first-order valence-electron chi connectivity index (χ1n) is 8.84. The van der Waals surface area contributed by atoms with Gasteiger partial charge in [0.25, 0.3) is 5.91 Å². The summed E-state index contributed by atoms with van der Waals surface area (Å²) in [5.41, 5.74) is 9.91. The highest BCUT2D eigenvalue weighted by Gasteiger charge is 2.11. The zero-order valence-electron chi connectivity index (χ0n) is 15.5. The third kappa shape index (κ3) is 4.98. The number of aromatic amines is 1. The van der Waals surface area contributed by atoms with Gasteiger partial charge in [0.2, 0.25) is 0 Å². The molecule has 0 saturated heterocycles.